The van der Waals surface area contributed by atoms with Crippen molar-refractivity contribution in [3.63, 3.8) is 0 Å². The Morgan fingerprint density at radius 3 is 2.79 bits per heavy atom. The number of aromatic nitrogens is 2. The number of ether oxygens (including phenoxy) is 1. The van der Waals surface area contributed by atoms with E-state index in [2.05, 4.69) is 22.2 Å². The van der Waals surface area contributed by atoms with Crippen LogP contribution in [0.4, 0.5) is 5.82 Å². The van der Waals surface area contributed by atoms with E-state index in [1.165, 1.54) is 0 Å². The number of anilines is 1. The van der Waals surface area contributed by atoms with Crippen LogP contribution in [0.25, 0.3) is 11.3 Å². The van der Waals surface area contributed by atoms with Crippen LogP contribution in [0.15, 0.2) is 36.7 Å². The highest BCUT2D eigenvalue weighted by molar-refractivity contribution is 5.68. The number of benzene rings is 1. The molecule has 0 fully saturated rings. The molecule has 0 unspecified atom stereocenters. The summed E-state index contributed by atoms with van der Waals surface area (Å²) >= 11 is 0. The summed E-state index contributed by atoms with van der Waals surface area (Å²) in [5, 5.41) is 3.26. The van der Waals surface area contributed by atoms with E-state index in [1.54, 1.807) is 6.33 Å². The molecular formula is C15H19N3O. The van der Waals surface area contributed by atoms with Crippen molar-refractivity contribution in [1.29, 1.82) is 0 Å². The summed E-state index contributed by atoms with van der Waals surface area (Å²) in [6.45, 7) is 5.65. The van der Waals surface area contributed by atoms with E-state index in [9.17, 15) is 0 Å². The van der Waals surface area contributed by atoms with Gasteiger partial charge in [0.1, 0.15) is 17.9 Å². The Morgan fingerprint density at radius 2 is 2.00 bits per heavy atom. The molecule has 0 aliphatic rings. The van der Waals surface area contributed by atoms with Crippen molar-refractivity contribution in [2.45, 2.75) is 20.3 Å². The molecule has 1 N–H and O–H groups in total. The first-order valence-electron chi connectivity index (χ1n) is 6.63. The van der Waals surface area contributed by atoms with Gasteiger partial charge in [0, 0.05) is 18.2 Å². The molecule has 19 heavy (non-hydrogen) atoms. The van der Waals surface area contributed by atoms with E-state index in [1.807, 2.05) is 37.3 Å². The van der Waals surface area contributed by atoms with Crippen LogP contribution in [0.3, 0.4) is 0 Å². The molecule has 0 radical (unpaired) electrons. The molecule has 0 aliphatic carbocycles. The second kappa shape index (κ2) is 6.73. The second-order valence-corrected chi connectivity index (χ2v) is 4.14. The van der Waals surface area contributed by atoms with Gasteiger partial charge in [-0.3, -0.25) is 0 Å². The SMILES string of the molecule is CCCNc1cc(-c2ccccc2OCC)ncn1. The second-order valence-electron chi connectivity index (χ2n) is 4.14. The predicted molar refractivity (Wildman–Crippen MR) is 77.4 cm³/mol. The van der Waals surface area contributed by atoms with Gasteiger partial charge < -0.3 is 10.1 Å². The van der Waals surface area contributed by atoms with Crippen LogP contribution in [-0.4, -0.2) is 23.1 Å². The van der Waals surface area contributed by atoms with Crippen molar-refractivity contribution in [3.05, 3.63) is 36.7 Å². The number of para-hydroxylation sites is 1. The molecule has 0 amide bonds. The van der Waals surface area contributed by atoms with Crippen molar-refractivity contribution in [3.8, 4) is 17.0 Å². The molecule has 0 bridgehead atoms. The van der Waals surface area contributed by atoms with Crippen molar-refractivity contribution in [2.75, 3.05) is 18.5 Å². The topological polar surface area (TPSA) is 47.0 Å². The third-order valence-electron chi connectivity index (χ3n) is 2.69. The number of rotatable bonds is 6. The van der Waals surface area contributed by atoms with Crippen molar-refractivity contribution >= 4 is 5.82 Å². The summed E-state index contributed by atoms with van der Waals surface area (Å²) in [5.41, 5.74) is 1.86. The first-order chi connectivity index (χ1) is 9.35. The lowest BCUT2D eigenvalue weighted by Gasteiger charge is -2.10. The van der Waals surface area contributed by atoms with Gasteiger partial charge in [0.2, 0.25) is 0 Å². The van der Waals surface area contributed by atoms with E-state index in [4.69, 9.17) is 4.74 Å². The average Bonchev–Trinajstić information content (AvgIpc) is 2.46. The largest absolute Gasteiger partial charge is 0.493 e. The molecule has 100 valence electrons. The Morgan fingerprint density at radius 1 is 1.16 bits per heavy atom. The first-order valence-corrected chi connectivity index (χ1v) is 6.63. The van der Waals surface area contributed by atoms with Crippen LogP contribution in [0.1, 0.15) is 20.3 Å². The fraction of sp³-hybridized carbons (Fsp3) is 0.333. The fourth-order valence-corrected chi connectivity index (χ4v) is 1.81. The lowest BCUT2D eigenvalue weighted by molar-refractivity contribution is 0.341. The summed E-state index contributed by atoms with van der Waals surface area (Å²) in [5.74, 6) is 1.70. The Labute approximate surface area is 113 Å². The van der Waals surface area contributed by atoms with E-state index in [-0.39, 0.29) is 0 Å². The third kappa shape index (κ3) is 3.44. The molecule has 0 atom stereocenters. The maximum absolute atomic E-state index is 5.63. The Bertz CT molecular complexity index is 528. The highest BCUT2D eigenvalue weighted by Gasteiger charge is 2.07. The van der Waals surface area contributed by atoms with Crippen molar-refractivity contribution in [2.24, 2.45) is 0 Å². The molecule has 1 aromatic heterocycles. The zero-order valence-corrected chi connectivity index (χ0v) is 11.4. The average molecular weight is 257 g/mol. The van der Waals surface area contributed by atoms with Gasteiger partial charge in [0.15, 0.2) is 0 Å². The minimum Gasteiger partial charge on any atom is -0.493 e. The Kier molecular flexibility index (Phi) is 4.72. The molecule has 0 saturated carbocycles. The van der Waals surface area contributed by atoms with E-state index in [0.717, 1.165) is 35.8 Å². The smallest absolute Gasteiger partial charge is 0.129 e. The Hall–Kier alpha value is -2.10. The first kappa shape index (κ1) is 13.3. The minimum atomic E-state index is 0.642. The van der Waals surface area contributed by atoms with E-state index < -0.39 is 0 Å². The quantitative estimate of drug-likeness (QED) is 0.862. The van der Waals surface area contributed by atoms with Crippen LogP contribution in [-0.2, 0) is 0 Å². The normalized spacial score (nSPS) is 10.2. The Balaban J connectivity index is 2.30. The molecule has 0 saturated heterocycles. The van der Waals surface area contributed by atoms with Gasteiger partial charge in [-0.2, -0.15) is 0 Å². The van der Waals surface area contributed by atoms with Gasteiger partial charge in [0.25, 0.3) is 0 Å². The van der Waals surface area contributed by atoms with Crippen LogP contribution in [0.5, 0.6) is 5.75 Å². The molecule has 0 spiro atoms. The van der Waals surface area contributed by atoms with Gasteiger partial charge in [-0.1, -0.05) is 19.1 Å². The number of hydrogen-bond donors (Lipinski definition) is 1. The van der Waals surface area contributed by atoms with E-state index in [0.29, 0.717) is 6.61 Å². The number of nitrogens with one attached hydrogen (secondary N) is 1. The number of hydrogen-bond acceptors (Lipinski definition) is 4. The zero-order valence-electron chi connectivity index (χ0n) is 11.4. The van der Waals surface area contributed by atoms with Crippen molar-refractivity contribution < 1.29 is 4.74 Å². The lowest BCUT2D eigenvalue weighted by atomic mass is 10.1. The standard InChI is InChI=1S/C15H19N3O/c1-3-9-16-15-10-13(17-11-18-15)12-7-5-6-8-14(12)19-4-2/h5-8,10-11H,3-4,9H2,1-2H3,(H,16,17,18). The van der Waals surface area contributed by atoms with Crippen molar-refractivity contribution in [1.82, 2.24) is 9.97 Å². The lowest BCUT2D eigenvalue weighted by Crippen LogP contribution is -2.02. The molecular weight excluding hydrogens is 238 g/mol. The highest BCUT2D eigenvalue weighted by Crippen LogP contribution is 2.28. The third-order valence-corrected chi connectivity index (χ3v) is 2.69. The summed E-state index contributed by atoms with van der Waals surface area (Å²) in [4.78, 5) is 8.54. The minimum absolute atomic E-state index is 0.642. The highest BCUT2D eigenvalue weighted by atomic mass is 16.5. The van der Waals surface area contributed by atoms with Crippen LogP contribution >= 0.6 is 0 Å². The van der Waals surface area contributed by atoms with Gasteiger partial charge >= 0.3 is 0 Å². The van der Waals surface area contributed by atoms with E-state index >= 15 is 0 Å². The zero-order chi connectivity index (χ0) is 13.5. The molecule has 1 aromatic carbocycles. The molecule has 4 heteroatoms. The molecule has 0 aliphatic heterocycles. The monoisotopic (exact) mass is 257 g/mol. The van der Waals surface area contributed by atoms with Crippen LogP contribution in [0, 0.1) is 0 Å². The van der Waals surface area contributed by atoms with Gasteiger partial charge in [-0.05, 0) is 25.5 Å². The molecule has 1 heterocycles. The molecule has 4 nitrogen and oxygen atoms in total. The summed E-state index contributed by atoms with van der Waals surface area (Å²) < 4.78 is 5.63. The molecule has 2 aromatic rings. The molecule has 2 rings (SSSR count). The summed E-state index contributed by atoms with van der Waals surface area (Å²) in [6, 6.07) is 9.87. The summed E-state index contributed by atoms with van der Waals surface area (Å²) in [6.07, 6.45) is 2.64. The maximum Gasteiger partial charge on any atom is 0.129 e. The number of nitrogens with zero attached hydrogens (tertiary/aromatic N) is 2. The van der Waals surface area contributed by atoms with Crippen LogP contribution in [0.2, 0.25) is 0 Å². The maximum atomic E-state index is 5.63. The summed E-state index contributed by atoms with van der Waals surface area (Å²) in [7, 11) is 0. The predicted octanol–water partition coefficient (Wildman–Crippen LogP) is 3.36. The fourth-order valence-electron chi connectivity index (χ4n) is 1.81. The van der Waals surface area contributed by atoms with Gasteiger partial charge in [-0.15, -0.1) is 0 Å². The van der Waals surface area contributed by atoms with Gasteiger partial charge in [-0.25, -0.2) is 9.97 Å². The van der Waals surface area contributed by atoms with Gasteiger partial charge in [0.05, 0.1) is 12.3 Å². The van der Waals surface area contributed by atoms with Crippen LogP contribution < -0.4 is 10.1 Å².